The number of carbonyl (C=O) groups excluding carboxylic acids is 1. The van der Waals surface area contributed by atoms with Crippen LogP contribution in [0.5, 0.6) is 0 Å². The normalized spacial score (nSPS) is 17.7. The van der Waals surface area contributed by atoms with Gasteiger partial charge in [0.2, 0.25) is 0 Å². The number of H-pyrrole nitrogens is 1. The van der Waals surface area contributed by atoms with Crippen LogP contribution in [-0.2, 0) is 26.2 Å². The molecule has 8 nitrogen and oxygen atoms in total. The molecule has 170 valence electrons. The highest BCUT2D eigenvalue weighted by Crippen LogP contribution is 2.24. The van der Waals surface area contributed by atoms with Crippen molar-refractivity contribution in [2.24, 2.45) is 0 Å². The molecule has 31 heavy (non-hydrogen) atoms. The summed E-state index contributed by atoms with van der Waals surface area (Å²) in [5, 5.41) is 7.13. The number of carbonyl (C=O) groups is 1. The third-order valence-electron chi connectivity index (χ3n) is 5.37. The van der Waals surface area contributed by atoms with E-state index >= 15 is 0 Å². The molecular formula is C21H29FN4O4S. The summed E-state index contributed by atoms with van der Waals surface area (Å²) in [4.78, 5) is 12.2. The zero-order valence-electron chi connectivity index (χ0n) is 17.9. The topological polar surface area (TPSA) is 95.6 Å². The highest BCUT2D eigenvalue weighted by Gasteiger charge is 2.39. The Morgan fingerprint density at radius 2 is 2.16 bits per heavy atom. The Labute approximate surface area is 182 Å². The van der Waals surface area contributed by atoms with Crippen molar-refractivity contribution in [1.82, 2.24) is 18.8 Å². The van der Waals surface area contributed by atoms with Crippen LogP contribution < -0.4 is 0 Å². The van der Waals surface area contributed by atoms with Crippen molar-refractivity contribution < 1.29 is 22.3 Å². The van der Waals surface area contributed by atoms with Crippen LogP contribution in [0.15, 0.2) is 30.3 Å². The van der Waals surface area contributed by atoms with Gasteiger partial charge in [-0.05, 0) is 57.2 Å². The second-order valence-electron chi connectivity index (χ2n) is 7.60. The molecule has 1 saturated heterocycles. The van der Waals surface area contributed by atoms with E-state index in [1.54, 1.807) is 19.1 Å². The summed E-state index contributed by atoms with van der Waals surface area (Å²) in [6.45, 7) is 2.54. The van der Waals surface area contributed by atoms with E-state index < -0.39 is 22.2 Å². The Bertz CT molecular complexity index is 995. The molecule has 1 atom stereocenters. The summed E-state index contributed by atoms with van der Waals surface area (Å²) in [5.74, 6) is -0.811. The number of nitrogens with zero attached hydrogens (tertiary/aromatic N) is 3. The van der Waals surface area contributed by atoms with Crippen LogP contribution in [0.2, 0.25) is 0 Å². The molecule has 1 aromatic heterocycles. The number of aromatic nitrogens is 2. The van der Waals surface area contributed by atoms with Gasteiger partial charge in [0.05, 0.1) is 12.3 Å². The molecule has 2 heterocycles. The van der Waals surface area contributed by atoms with Gasteiger partial charge in [0.25, 0.3) is 10.2 Å². The number of halogens is 1. The highest BCUT2D eigenvalue weighted by molar-refractivity contribution is 7.86. The van der Waals surface area contributed by atoms with Crippen molar-refractivity contribution >= 4 is 16.2 Å². The van der Waals surface area contributed by atoms with Gasteiger partial charge in [0.1, 0.15) is 11.9 Å². The van der Waals surface area contributed by atoms with Crippen molar-refractivity contribution in [1.29, 1.82) is 0 Å². The number of aryl methyl sites for hydroxylation is 1. The number of rotatable bonds is 9. The van der Waals surface area contributed by atoms with Gasteiger partial charge in [0, 0.05) is 31.4 Å². The van der Waals surface area contributed by atoms with E-state index in [1.807, 2.05) is 6.07 Å². The van der Waals surface area contributed by atoms with Crippen LogP contribution >= 0.6 is 0 Å². The van der Waals surface area contributed by atoms with Crippen LogP contribution in [-0.4, -0.2) is 66.0 Å². The van der Waals surface area contributed by atoms with Crippen molar-refractivity contribution in [3.63, 3.8) is 0 Å². The number of hydrogen-bond acceptors (Lipinski definition) is 5. The Morgan fingerprint density at radius 1 is 1.35 bits per heavy atom. The summed E-state index contributed by atoms with van der Waals surface area (Å²) in [5.41, 5.74) is 2.16. The fraction of sp³-hybridized carbons (Fsp3) is 0.524. The van der Waals surface area contributed by atoms with E-state index in [4.69, 9.17) is 4.74 Å². The van der Waals surface area contributed by atoms with E-state index in [2.05, 4.69) is 10.2 Å². The third-order valence-corrected chi connectivity index (χ3v) is 7.37. The van der Waals surface area contributed by atoms with Crippen LogP contribution in [0, 0.1) is 5.82 Å². The number of esters is 1. The maximum Gasteiger partial charge on any atom is 0.324 e. The molecule has 1 fully saturated rings. The minimum absolute atomic E-state index is 0.223. The molecule has 1 N–H and O–H groups in total. The summed E-state index contributed by atoms with van der Waals surface area (Å²) < 4.78 is 47.1. The van der Waals surface area contributed by atoms with Gasteiger partial charge < -0.3 is 4.74 Å². The summed E-state index contributed by atoms with van der Waals surface area (Å²) in [7, 11) is -2.25. The monoisotopic (exact) mass is 452 g/mol. The zero-order valence-corrected chi connectivity index (χ0v) is 18.7. The SMILES string of the molecule is CCOC(=O)[C@H]1CCCCN1S(=O)(=O)N(C)CCCc1cc(-c2cccc(F)c2)n[nH]1. The summed E-state index contributed by atoms with van der Waals surface area (Å²) in [6, 6.07) is 7.28. The first-order chi connectivity index (χ1) is 14.8. The molecule has 0 bridgehead atoms. The maximum absolute atomic E-state index is 13.4. The Kier molecular flexibility index (Phi) is 7.79. The molecule has 0 saturated carbocycles. The van der Waals surface area contributed by atoms with Gasteiger partial charge in [-0.15, -0.1) is 0 Å². The van der Waals surface area contributed by atoms with E-state index in [-0.39, 0.29) is 12.4 Å². The van der Waals surface area contributed by atoms with Crippen LogP contribution in [0.3, 0.4) is 0 Å². The van der Waals surface area contributed by atoms with E-state index in [0.29, 0.717) is 43.6 Å². The number of ether oxygens (including phenoxy) is 1. The molecule has 0 radical (unpaired) electrons. The number of hydrogen-bond donors (Lipinski definition) is 1. The van der Waals surface area contributed by atoms with Crippen LogP contribution in [0.1, 0.15) is 38.3 Å². The standard InChI is InChI=1S/C21H29FN4O4S/c1-3-30-21(27)20-11-4-5-13-26(20)31(28,29)25(2)12-7-10-18-15-19(24-23-18)16-8-6-9-17(22)14-16/h6,8-9,14-15,20H,3-5,7,10-13H2,1-2H3,(H,23,24)/t20-/m1/s1. The molecule has 2 aromatic rings. The van der Waals surface area contributed by atoms with Gasteiger partial charge in [0.15, 0.2) is 0 Å². The van der Waals surface area contributed by atoms with Crippen molar-refractivity contribution in [2.45, 2.75) is 45.1 Å². The van der Waals surface area contributed by atoms with Gasteiger partial charge in [-0.3, -0.25) is 9.89 Å². The number of aromatic amines is 1. The lowest BCUT2D eigenvalue weighted by molar-refractivity contribution is -0.148. The van der Waals surface area contributed by atoms with Crippen molar-refractivity contribution in [3.8, 4) is 11.3 Å². The van der Waals surface area contributed by atoms with Gasteiger partial charge in [-0.1, -0.05) is 12.1 Å². The molecule has 1 aliphatic heterocycles. The van der Waals surface area contributed by atoms with Crippen molar-refractivity contribution in [2.75, 3.05) is 26.7 Å². The second kappa shape index (κ2) is 10.3. The first kappa shape index (κ1) is 23.4. The number of nitrogens with one attached hydrogen (secondary N) is 1. The Balaban J connectivity index is 1.58. The first-order valence-corrected chi connectivity index (χ1v) is 11.9. The van der Waals surface area contributed by atoms with Gasteiger partial charge >= 0.3 is 5.97 Å². The fourth-order valence-corrected chi connectivity index (χ4v) is 5.32. The third kappa shape index (κ3) is 5.69. The first-order valence-electron chi connectivity index (χ1n) is 10.5. The minimum Gasteiger partial charge on any atom is -0.465 e. The average Bonchev–Trinajstić information content (AvgIpc) is 3.23. The highest BCUT2D eigenvalue weighted by atomic mass is 32.2. The lowest BCUT2D eigenvalue weighted by Crippen LogP contribution is -2.53. The summed E-state index contributed by atoms with van der Waals surface area (Å²) >= 11 is 0. The molecule has 3 rings (SSSR count). The van der Waals surface area contributed by atoms with E-state index in [1.165, 1.54) is 27.8 Å². The molecule has 10 heteroatoms. The van der Waals surface area contributed by atoms with E-state index in [9.17, 15) is 17.6 Å². The van der Waals surface area contributed by atoms with Gasteiger partial charge in [-0.25, -0.2) is 4.39 Å². The number of piperidine rings is 1. The molecular weight excluding hydrogens is 423 g/mol. The number of benzene rings is 1. The Hall–Kier alpha value is -2.30. The second-order valence-corrected chi connectivity index (χ2v) is 9.58. The van der Waals surface area contributed by atoms with Gasteiger partial charge in [-0.2, -0.15) is 22.1 Å². The minimum atomic E-state index is -3.77. The summed E-state index contributed by atoms with van der Waals surface area (Å²) in [6.07, 6.45) is 3.15. The fourth-order valence-electron chi connectivity index (χ4n) is 3.73. The van der Waals surface area contributed by atoms with Crippen molar-refractivity contribution in [3.05, 3.63) is 41.8 Å². The van der Waals surface area contributed by atoms with Crippen LogP contribution in [0.4, 0.5) is 4.39 Å². The van der Waals surface area contributed by atoms with Crippen LogP contribution in [0.25, 0.3) is 11.3 Å². The lowest BCUT2D eigenvalue weighted by atomic mass is 10.1. The predicted molar refractivity (Wildman–Crippen MR) is 115 cm³/mol. The molecule has 0 amide bonds. The molecule has 1 aliphatic rings. The smallest absolute Gasteiger partial charge is 0.324 e. The molecule has 0 spiro atoms. The Morgan fingerprint density at radius 3 is 2.90 bits per heavy atom. The molecule has 1 aromatic carbocycles. The lowest BCUT2D eigenvalue weighted by Gasteiger charge is -2.35. The van der Waals surface area contributed by atoms with E-state index in [0.717, 1.165) is 18.5 Å². The largest absolute Gasteiger partial charge is 0.465 e. The predicted octanol–water partition coefficient (Wildman–Crippen LogP) is 2.74. The zero-order chi connectivity index (χ0) is 22.4. The quantitative estimate of drug-likeness (QED) is 0.590. The molecule has 0 aliphatic carbocycles. The molecule has 0 unspecified atom stereocenters. The average molecular weight is 453 g/mol. The maximum atomic E-state index is 13.4.